The lowest BCUT2D eigenvalue weighted by atomic mass is 9.83. The molecule has 0 amide bonds. The van der Waals surface area contributed by atoms with Gasteiger partial charge in [-0.2, -0.15) is 0 Å². The van der Waals surface area contributed by atoms with Crippen LogP contribution in [0.5, 0.6) is 0 Å². The minimum atomic E-state index is -0.496. The third kappa shape index (κ3) is 2.08. The zero-order valence-electron chi connectivity index (χ0n) is 8.99. The van der Waals surface area contributed by atoms with Gasteiger partial charge in [-0.3, -0.25) is 0 Å². The van der Waals surface area contributed by atoms with Crippen molar-refractivity contribution in [3.8, 4) is 12.3 Å². The Hall–Kier alpha value is -1.20. The predicted molar refractivity (Wildman–Crippen MR) is 62.5 cm³/mol. The molecule has 80 valence electrons. The van der Waals surface area contributed by atoms with Gasteiger partial charge in [-0.1, -0.05) is 38.3 Å². The summed E-state index contributed by atoms with van der Waals surface area (Å²) in [5, 5.41) is 0.344. The molecule has 3 heteroatoms. The maximum atomic E-state index is 13.5. The molecule has 0 unspecified atom stereocenters. The van der Waals surface area contributed by atoms with E-state index in [-0.39, 0.29) is 16.7 Å². The first-order valence-corrected chi connectivity index (χ1v) is 4.91. The number of anilines is 1. The van der Waals surface area contributed by atoms with Gasteiger partial charge in [0.1, 0.15) is 5.82 Å². The quantitative estimate of drug-likeness (QED) is 0.532. The standard InChI is InChI=1S/C12H13ClFN/c1-5-7-8(14)6-9(15)11(13)10(7)12(2,3)4/h1,6H,15H2,2-4H3. The predicted octanol–water partition coefficient (Wildman–Crippen LogP) is 3.34. The molecule has 0 aliphatic heterocycles. The number of halogens is 2. The second kappa shape index (κ2) is 3.75. The Labute approximate surface area is 94.4 Å². The fourth-order valence-electron chi connectivity index (χ4n) is 1.49. The molecule has 0 bridgehead atoms. The molecule has 0 atom stereocenters. The van der Waals surface area contributed by atoms with E-state index in [9.17, 15) is 4.39 Å². The molecular formula is C12H13ClFN. The molecule has 0 aliphatic carbocycles. The van der Waals surface area contributed by atoms with Gasteiger partial charge in [0.2, 0.25) is 0 Å². The van der Waals surface area contributed by atoms with Crippen LogP contribution in [0.25, 0.3) is 0 Å². The molecule has 15 heavy (non-hydrogen) atoms. The highest BCUT2D eigenvalue weighted by Gasteiger charge is 2.24. The number of nitrogen functional groups attached to an aromatic ring is 1. The molecule has 2 N–H and O–H groups in total. The normalized spacial score (nSPS) is 11.2. The Morgan fingerprint density at radius 1 is 1.47 bits per heavy atom. The van der Waals surface area contributed by atoms with E-state index in [0.29, 0.717) is 10.6 Å². The summed E-state index contributed by atoms with van der Waals surface area (Å²) in [6.45, 7) is 5.73. The molecular weight excluding hydrogens is 213 g/mol. The van der Waals surface area contributed by atoms with Gasteiger partial charge in [-0.05, 0) is 17.0 Å². The highest BCUT2D eigenvalue weighted by atomic mass is 35.5. The third-order valence-corrected chi connectivity index (χ3v) is 2.55. The lowest BCUT2D eigenvalue weighted by molar-refractivity contribution is 0.569. The SMILES string of the molecule is C#Cc1c(F)cc(N)c(Cl)c1C(C)(C)C. The number of rotatable bonds is 0. The van der Waals surface area contributed by atoms with Crippen molar-refractivity contribution >= 4 is 17.3 Å². The molecule has 1 aromatic rings. The van der Waals surface area contributed by atoms with E-state index < -0.39 is 5.82 Å². The van der Waals surface area contributed by atoms with Gasteiger partial charge >= 0.3 is 0 Å². The van der Waals surface area contributed by atoms with Crippen molar-refractivity contribution in [2.24, 2.45) is 0 Å². The van der Waals surface area contributed by atoms with Gasteiger partial charge in [0.25, 0.3) is 0 Å². The molecule has 0 saturated carbocycles. The van der Waals surface area contributed by atoms with E-state index in [1.54, 1.807) is 0 Å². The van der Waals surface area contributed by atoms with Crippen LogP contribution >= 0.6 is 11.6 Å². The number of benzene rings is 1. The smallest absolute Gasteiger partial charge is 0.141 e. The first kappa shape index (κ1) is 11.9. The van der Waals surface area contributed by atoms with Crippen molar-refractivity contribution in [1.29, 1.82) is 0 Å². The van der Waals surface area contributed by atoms with E-state index in [1.807, 2.05) is 20.8 Å². The van der Waals surface area contributed by atoms with Gasteiger partial charge in [0, 0.05) is 0 Å². The molecule has 0 saturated heterocycles. The molecule has 0 radical (unpaired) electrons. The number of hydrogen-bond donors (Lipinski definition) is 1. The van der Waals surface area contributed by atoms with Crippen molar-refractivity contribution < 1.29 is 4.39 Å². The largest absolute Gasteiger partial charge is 0.397 e. The minimum absolute atomic E-state index is 0.196. The highest BCUT2D eigenvalue weighted by molar-refractivity contribution is 6.34. The van der Waals surface area contributed by atoms with Crippen molar-refractivity contribution in [3.05, 3.63) is 28.0 Å². The maximum Gasteiger partial charge on any atom is 0.141 e. The Bertz CT molecular complexity index is 438. The third-order valence-electron chi connectivity index (χ3n) is 2.14. The van der Waals surface area contributed by atoms with Crippen LogP contribution in [0.4, 0.5) is 10.1 Å². The first-order valence-electron chi connectivity index (χ1n) is 4.53. The van der Waals surface area contributed by atoms with E-state index >= 15 is 0 Å². The summed E-state index contributed by atoms with van der Waals surface area (Å²) < 4.78 is 13.5. The van der Waals surface area contributed by atoms with Crippen LogP contribution in [-0.2, 0) is 5.41 Å². The summed E-state index contributed by atoms with van der Waals surface area (Å²) in [5.74, 6) is 1.83. The van der Waals surface area contributed by atoms with Crippen LogP contribution in [0.1, 0.15) is 31.9 Å². The van der Waals surface area contributed by atoms with Gasteiger partial charge < -0.3 is 5.73 Å². The molecule has 0 fully saturated rings. The van der Waals surface area contributed by atoms with Gasteiger partial charge in [-0.25, -0.2) is 4.39 Å². The fourth-order valence-corrected chi connectivity index (χ4v) is 1.92. The first-order chi connectivity index (χ1) is 6.79. The molecule has 1 rings (SSSR count). The number of hydrogen-bond acceptors (Lipinski definition) is 1. The summed E-state index contributed by atoms with van der Waals surface area (Å²) in [6, 6.07) is 1.16. The van der Waals surface area contributed by atoms with E-state index in [1.165, 1.54) is 0 Å². The van der Waals surface area contributed by atoms with Gasteiger partial charge in [0.05, 0.1) is 16.3 Å². The maximum absolute atomic E-state index is 13.5. The number of nitrogens with two attached hydrogens (primary N) is 1. The molecule has 1 nitrogen and oxygen atoms in total. The lowest BCUT2D eigenvalue weighted by Gasteiger charge is -2.23. The molecule has 0 spiro atoms. The van der Waals surface area contributed by atoms with Crippen LogP contribution in [-0.4, -0.2) is 0 Å². The lowest BCUT2D eigenvalue weighted by Crippen LogP contribution is -2.16. The summed E-state index contributed by atoms with van der Waals surface area (Å²) >= 11 is 6.05. The van der Waals surface area contributed by atoms with Crippen LogP contribution in [0, 0.1) is 18.2 Å². The van der Waals surface area contributed by atoms with Crippen LogP contribution in [0.3, 0.4) is 0 Å². The minimum Gasteiger partial charge on any atom is -0.397 e. The van der Waals surface area contributed by atoms with Crippen molar-refractivity contribution in [2.75, 3.05) is 5.73 Å². The summed E-state index contributed by atoms with van der Waals surface area (Å²) in [4.78, 5) is 0. The van der Waals surface area contributed by atoms with E-state index in [4.69, 9.17) is 23.8 Å². The van der Waals surface area contributed by atoms with Gasteiger partial charge in [-0.15, -0.1) is 6.42 Å². The van der Waals surface area contributed by atoms with Crippen molar-refractivity contribution in [3.63, 3.8) is 0 Å². The Morgan fingerprint density at radius 3 is 2.40 bits per heavy atom. The molecule has 0 aromatic heterocycles. The van der Waals surface area contributed by atoms with E-state index in [2.05, 4.69) is 5.92 Å². The monoisotopic (exact) mass is 225 g/mol. The Morgan fingerprint density at radius 2 is 2.00 bits per heavy atom. The molecule has 1 aromatic carbocycles. The topological polar surface area (TPSA) is 26.0 Å². The zero-order chi connectivity index (χ0) is 11.8. The Kier molecular flexibility index (Phi) is 2.97. The summed E-state index contributed by atoms with van der Waals surface area (Å²) in [7, 11) is 0. The average molecular weight is 226 g/mol. The average Bonchev–Trinajstić information content (AvgIpc) is 2.08. The second-order valence-corrected chi connectivity index (χ2v) is 4.78. The van der Waals surface area contributed by atoms with Crippen molar-refractivity contribution in [1.82, 2.24) is 0 Å². The fraction of sp³-hybridized carbons (Fsp3) is 0.333. The summed E-state index contributed by atoms with van der Waals surface area (Å²) in [5.41, 5.74) is 6.27. The van der Waals surface area contributed by atoms with Crippen LogP contribution in [0.2, 0.25) is 5.02 Å². The van der Waals surface area contributed by atoms with Crippen LogP contribution in [0.15, 0.2) is 6.07 Å². The highest BCUT2D eigenvalue weighted by Crippen LogP contribution is 2.37. The zero-order valence-corrected chi connectivity index (χ0v) is 9.74. The Balaban J connectivity index is 3.68. The van der Waals surface area contributed by atoms with Gasteiger partial charge in [0.15, 0.2) is 0 Å². The second-order valence-electron chi connectivity index (χ2n) is 4.41. The van der Waals surface area contributed by atoms with Crippen molar-refractivity contribution in [2.45, 2.75) is 26.2 Å². The molecule has 0 heterocycles. The molecule has 0 aliphatic rings. The van der Waals surface area contributed by atoms with Crippen LogP contribution < -0.4 is 5.73 Å². The van der Waals surface area contributed by atoms with E-state index in [0.717, 1.165) is 6.07 Å². The number of terminal acetylenes is 1. The summed E-state index contributed by atoms with van der Waals surface area (Å²) in [6.07, 6.45) is 5.28.